The minimum Gasteiger partial charge on any atom is -0.211 e. The van der Waals surface area contributed by atoms with Crippen LogP contribution in [0.15, 0.2) is 4.99 Å². The van der Waals surface area contributed by atoms with Gasteiger partial charge in [-0.3, -0.25) is 0 Å². The van der Waals surface area contributed by atoms with Crippen LogP contribution in [0, 0.1) is 29.1 Å². The van der Waals surface area contributed by atoms with Gasteiger partial charge in [0.1, 0.15) is 0 Å². The molecule has 5 saturated carbocycles. The van der Waals surface area contributed by atoms with Crippen LogP contribution in [0.5, 0.6) is 0 Å². The Labute approximate surface area is 90.2 Å². The predicted molar refractivity (Wildman–Crippen MR) is 56.0 cm³/mol. The summed E-state index contributed by atoms with van der Waals surface area (Å²) in [6.07, 6.45) is 10.3. The van der Waals surface area contributed by atoms with Crippen molar-refractivity contribution in [3.63, 3.8) is 0 Å². The van der Waals surface area contributed by atoms with Crippen LogP contribution in [0.4, 0.5) is 0 Å². The highest BCUT2D eigenvalue weighted by atomic mass is 16.1. The first-order valence-corrected chi connectivity index (χ1v) is 6.40. The number of rotatable bonds is 1. The molecule has 0 aliphatic heterocycles. The molecule has 5 rings (SSSR count). The van der Waals surface area contributed by atoms with E-state index in [0.29, 0.717) is 11.5 Å². The van der Waals surface area contributed by atoms with Crippen LogP contribution in [-0.2, 0) is 4.79 Å². The van der Waals surface area contributed by atoms with Crippen molar-refractivity contribution in [3.05, 3.63) is 0 Å². The first-order valence-electron chi connectivity index (χ1n) is 6.40. The van der Waals surface area contributed by atoms with Crippen LogP contribution in [0.2, 0.25) is 0 Å². The minimum absolute atomic E-state index is 0.366. The Morgan fingerprint density at radius 2 is 1.60 bits per heavy atom. The largest absolute Gasteiger partial charge is 0.235 e. The summed E-state index contributed by atoms with van der Waals surface area (Å²) in [5.74, 6) is 3.88. The first kappa shape index (κ1) is 8.52. The molecule has 2 heteroatoms. The maximum absolute atomic E-state index is 10.4. The maximum atomic E-state index is 10.4. The zero-order chi connectivity index (χ0) is 10.0. The Bertz CT molecular complexity index is 328. The molecule has 5 aliphatic rings. The number of hydrogen-bond acceptors (Lipinski definition) is 2. The van der Waals surface area contributed by atoms with E-state index in [1.54, 1.807) is 6.08 Å². The van der Waals surface area contributed by atoms with Crippen molar-refractivity contribution in [1.29, 1.82) is 0 Å². The quantitative estimate of drug-likeness (QED) is 0.475. The molecule has 0 aromatic rings. The molecule has 1 atom stereocenters. The monoisotopic (exact) mass is 203 g/mol. The fraction of sp³-hybridized carbons (Fsp3) is 0.923. The molecule has 0 saturated heterocycles. The first-order chi connectivity index (χ1) is 7.33. The van der Waals surface area contributed by atoms with E-state index in [-0.39, 0.29) is 0 Å². The van der Waals surface area contributed by atoms with E-state index < -0.39 is 0 Å². The van der Waals surface area contributed by atoms with Gasteiger partial charge in [0.15, 0.2) is 0 Å². The molecule has 2 nitrogen and oxygen atoms in total. The van der Waals surface area contributed by atoms with Crippen LogP contribution in [0.25, 0.3) is 0 Å². The van der Waals surface area contributed by atoms with Crippen molar-refractivity contribution in [3.8, 4) is 0 Å². The third kappa shape index (κ3) is 0.921. The molecule has 5 fully saturated rings. The van der Waals surface area contributed by atoms with Crippen molar-refractivity contribution in [2.75, 3.05) is 0 Å². The molecule has 0 unspecified atom stereocenters. The van der Waals surface area contributed by atoms with Crippen molar-refractivity contribution in [2.24, 2.45) is 34.1 Å². The van der Waals surface area contributed by atoms with Gasteiger partial charge in [0, 0.05) is 5.41 Å². The van der Waals surface area contributed by atoms with E-state index in [4.69, 9.17) is 0 Å². The van der Waals surface area contributed by atoms with E-state index >= 15 is 0 Å². The molecule has 0 radical (unpaired) electrons. The van der Waals surface area contributed by atoms with Gasteiger partial charge in [0.05, 0.1) is 6.04 Å². The van der Waals surface area contributed by atoms with Crippen LogP contribution in [0.1, 0.15) is 38.5 Å². The van der Waals surface area contributed by atoms with Gasteiger partial charge in [-0.05, 0) is 62.2 Å². The molecular weight excluding hydrogens is 186 g/mol. The normalized spacial score (nSPS) is 59.3. The van der Waals surface area contributed by atoms with E-state index in [2.05, 4.69) is 4.99 Å². The summed E-state index contributed by atoms with van der Waals surface area (Å²) in [5, 5.41) is 0. The van der Waals surface area contributed by atoms with E-state index in [1.165, 1.54) is 38.5 Å². The van der Waals surface area contributed by atoms with Gasteiger partial charge in [-0.2, -0.15) is 0 Å². The van der Waals surface area contributed by atoms with Crippen molar-refractivity contribution >= 4 is 6.08 Å². The Balaban J connectivity index is 1.69. The van der Waals surface area contributed by atoms with E-state index in [9.17, 15) is 4.79 Å². The smallest absolute Gasteiger partial charge is 0.211 e. The number of aliphatic imine (C=N–C) groups is 1. The number of nitrogens with zero attached hydrogens (tertiary/aromatic N) is 1. The molecule has 0 amide bonds. The van der Waals surface area contributed by atoms with Crippen LogP contribution < -0.4 is 0 Å². The van der Waals surface area contributed by atoms with Crippen molar-refractivity contribution < 1.29 is 4.79 Å². The zero-order valence-corrected chi connectivity index (χ0v) is 8.98. The molecule has 0 heterocycles. The summed E-state index contributed by atoms with van der Waals surface area (Å²) < 4.78 is 0. The van der Waals surface area contributed by atoms with E-state index in [0.717, 1.165) is 23.7 Å². The third-order valence-electron chi connectivity index (χ3n) is 5.87. The average Bonchev–Trinajstić information content (AvgIpc) is 2.90. The van der Waals surface area contributed by atoms with Gasteiger partial charge < -0.3 is 0 Å². The lowest BCUT2D eigenvalue weighted by Crippen LogP contribution is -2.47. The van der Waals surface area contributed by atoms with Gasteiger partial charge in [0.25, 0.3) is 0 Å². The van der Waals surface area contributed by atoms with Gasteiger partial charge in [-0.1, -0.05) is 0 Å². The number of isocyanates is 1. The van der Waals surface area contributed by atoms with E-state index in [1.807, 2.05) is 0 Å². The van der Waals surface area contributed by atoms with Crippen LogP contribution >= 0.6 is 0 Å². The minimum atomic E-state index is 0.366. The van der Waals surface area contributed by atoms with Gasteiger partial charge in [-0.25, -0.2) is 9.79 Å². The second kappa shape index (κ2) is 2.55. The van der Waals surface area contributed by atoms with Gasteiger partial charge in [-0.15, -0.1) is 0 Å². The van der Waals surface area contributed by atoms with Crippen molar-refractivity contribution in [1.82, 2.24) is 0 Å². The van der Waals surface area contributed by atoms with Gasteiger partial charge in [0.2, 0.25) is 6.08 Å². The zero-order valence-electron chi connectivity index (χ0n) is 8.98. The Morgan fingerprint density at radius 1 is 1.00 bits per heavy atom. The Hall–Kier alpha value is -0.620. The summed E-state index contributed by atoms with van der Waals surface area (Å²) in [4.78, 5) is 14.4. The van der Waals surface area contributed by atoms with Gasteiger partial charge >= 0.3 is 0 Å². The molecule has 4 bridgehead atoms. The molecule has 5 aliphatic carbocycles. The fourth-order valence-electron chi connectivity index (χ4n) is 5.44. The van der Waals surface area contributed by atoms with Crippen LogP contribution in [0.3, 0.4) is 0 Å². The molecular formula is C13H17NO. The summed E-state index contributed by atoms with van der Waals surface area (Å²) >= 11 is 0. The highest BCUT2D eigenvalue weighted by Gasteiger charge is 2.68. The lowest BCUT2D eigenvalue weighted by molar-refractivity contribution is -0.0543. The second-order valence-electron chi connectivity index (χ2n) is 6.36. The molecule has 80 valence electrons. The molecule has 15 heavy (non-hydrogen) atoms. The average molecular weight is 203 g/mol. The summed E-state index contributed by atoms with van der Waals surface area (Å²) in [5.41, 5.74) is 0.491. The Morgan fingerprint density at radius 3 is 2.13 bits per heavy atom. The topological polar surface area (TPSA) is 29.4 Å². The standard InChI is InChI=1S/C13H17NO/c15-7-14-12-6-13(12)10-2-8-1-9(4-10)5-11(13)3-8/h8-12H,1-6H2/t8?,9?,10?,11?,12-,13?/m0/s1. The molecule has 0 aromatic heterocycles. The third-order valence-corrected chi connectivity index (χ3v) is 5.87. The Kier molecular flexibility index (Phi) is 1.45. The lowest BCUT2D eigenvalue weighted by atomic mass is 9.50. The predicted octanol–water partition coefficient (Wildman–Crippen LogP) is 2.54. The number of carbonyl (C=O) groups excluding carboxylic acids is 1. The second-order valence-corrected chi connectivity index (χ2v) is 6.36. The molecule has 0 N–H and O–H groups in total. The fourth-order valence-corrected chi connectivity index (χ4v) is 5.44. The highest BCUT2D eigenvalue weighted by Crippen LogP contribution is 2.72. The summed E-state index contributed by atoms with van der Waals surface area (Å²) in [6, 6.07) is 0.366. The number of hydrogen-bond donors (Lipinski definition) is 0. The summed E-state index contributed by atoms with van der Waals surface area (Å²) in [7, 11) is 0. The SMILES string of the molecule is O=C=N[C@H]1CC12C1CC3CC(C1)CC2C3. The highest BCUT2D eigenvalue weighted by molar-refractivity contribution is 5.37. The lowest BCUT2D eigenvalue weighted by Gasteiger charge is -2.55. The molecule has 1 spiro atoms. The van der Waals surface area contributed by atoms with Crippen molar-refractivity contribution in [2.45, 2.75) is 44.6 Å². The maximum Gasteiger partial charge on any atom is 0.235 e. The summed E-state index contributed by atoms with van der Waals surface area (Å²) in [6.45, 7) is 0. The molecule has 0 aromatic carbocycles. The van der Waals surface area contributed by atoms with Crippen LogP contribution in [-0.4, -0.2) is 12.1 Å².